The molecular weight excluding hydrogens is 313 g/mol. The Morgan fingerprint density at radius 3 is 2.61 bits per heavy atom. The number of benzene rings is 1. The molecule has 1 N–H and O–H groups in total. The molecule has 1 aromatic heterocycles. The van der Waals surface area contributed by atoms with Crippen molar-refractivity contribution in [1.82, 2.24) is 9.97 Å². The van der Waals surface area contributed by atoms with Crippen molar-refractivity contribution in [1.29, 1.82) is 0 Å². The fourth-order valence-electron chi connectivity index (χ4n) is 1.28. The van der Waals surface area contributed by atoms with Gasteiger partial charge >= 0.3 is 0 Å². The van der Waals surface area contributed by atoms with E-state index in [4.69, 9.17) is 34.8 Å². The summed E-state index contributed by atoms with van der Waals surface area (Å²) in [6.07, 6.45) is 1.88. The Hall–Kier alpha value is -0.680. The molecule has 18 heavy (non-hydrogen) atoms. The number of thioether (sulfide) groups is 1. The van der Waals surface area contributed by atoms with Crippen molar-refractivity contribution in [3.05, 3.63) is 39.5 Å². The van der Waals surface area contributed by atoms with Crippen molar-refractivity contribution in [3.8, 4) is 0 Å². The number of hydrogen-bond donors (Lipinski definition) is 1. The van der Waals surface area contributed by atoms with E-state index >= 15 is 0 Å². The average molecular weight is 321 g/mol. The molecule has 2 rings (SSSR count). The minimum Gasteiger partial charge on any atom is -0.339 e. The summed E-state index contributed by atoms with van der Waals surface area (Å²) in [7, 11) is 0. The normalized spacial score (nSPS) is 10.4. The number of nitrogens with one attached hydrogen (secondary N) is 1. The Morgan fingerprint density at radius 1 is 1.11 bits per heavy atom. The highest BCUT2D eigenvalue weighted by Gasteiger charge is 2.06. The predicted molar refractivity (Wildman–Crippen MR) is 78.6 cm³/mol. The van der Waals surface area contributed by atoms with Gasteiger partial charge in [-0.2, -0.15) is 0 Å². The van der Waals surface area contributed by atoms with E-state index in [1.807, 2.05) is 6.26 Å². The summed E-state index contributed by atoms with van der Waals surface area (Å²) >= 11 is 19.3. The molecule has 0 amide bonds. The highest BCUT2D eigenvalue weighted by Crippen LogP contribution is 2.28. The lowest BCUT2D eigenvalue weighted by atomic mass is 10.3. The lowest BCUT2D eigenvalue weighted by Gasteiger charge is -2.09. The Labute approximate surface area is 124 Å². The van der Waals surface area contributed by atoms with Crippen molar-refractivity contribution in [2.45, 2.75) is 5.16 Å². The van der Waals surface area contributed by atoms with E-state index in [2.05, 4.69) is 15.3 Å². The van der Waals surface area contributed by atoms with Crippen LogP contribution in [0.2, 0.25) is 15.2 Å². The molecule has 0 fully saturated rings. The standard InChI is InChI=1S/C11H8Cl3N3S/c1-18-11-16-9(14)5-10(17-11)15-8-4-6(12)2-3-7(8)13/h2-5H,1H3,(H,15,16,17). The smallest absolute Gasteiger partial charge is 0.190 e. The Morgan fingerprint density at radius 2 is 1.89 bits per heavy atom. The zero-order valence-corrected chi connectivity index (χ0v) is 12.3. The summed E-state index contributed by atoms with van der Waals surface area (Å²) in [5.41, 5.74) is 0.672. The van der Waals surface area contributed by atoms with E-state index in [1.165, 1.54) is 11.8 Å². The third kappa shape index (κ3) is 3.42. The SMILES string of the molecule is CSc1nc(Cl)cc(Nc2cc(Cl)ccc2Cl)n1. The van der Waals surface area contributed by atoms with Crippen molar-refractivity contribution in [3.63, 3.8) is 0 Å². The van der Waals surface area contributed by atoms with Crippen LogP contribution in [0.5, 0.6) is 0 Å². The Kier molecular flexibility index (Phi) is 4.56. The van der Waals surface area contributed by atoms with Crippen molar-refractivity contribution in [2.24, 2.45) is 0 Å². The Bertz CT molecular complexity index is 577. The molecule has 3 nitrogen and oxygen atoms in total. The Balaban J connectivity index is 2.33. The van der Waals surface area contributed by atoms with Crippen molar-refractivity contribution < 1.29 is 0 Å². The third-order valence-electron chi connectivity index (χ3n) is 2.05. The van der Waals surface area contributed by atoms with Gasteiger partial charge in [0.05, 0.1) is 10.7 Å². The topological polar surface area (TPSA) is 37.8 Å². The fraction of sp³-hybridized carbons (Fsp3) is 0.0909. The molecule has 0 aliphatic heterocycles. The van der Waals surface area contributed by atoms with Crippen LogP contribution < -0.4 is 5.32 Å². The average Bonchev–Trinajstić information content (AvgIpc) is 2.33. The van der Waals surface area contributed by atoms with Gasteiger partial charge in [0.1, 0.15) is 11.0 Å². The summed E-state index contributed by atoms with van der Waals surface area (Å²) in [5, 5.41) is 5.17. The number of nitrogens with zero attached hydrogens (tertiary/aromatic N) is 2. The number of rotatable bonds is 3. The molecule has 0 aliphatic carbocycles. The molecule has 0 aliphatic rings. The number of hydrogen-bond acceptors (Lipinski definition) is 4. The number of anilines is 2. The van der Waals surface area contributed by atoms with E-state index < -0.39 is 0 Å². The van der Waals surface area contributed by atoms with Gasteiger partial charge in [0.25, 0.3) is 0 Å². The van der Waals surface area contributed by atoms with Gasteiger partial charge in [0.2, 0.25) is 0 Å². The zero-order valence-electron chi connectivity index (χ0n) is 9.25. The maximum atomic E-state index is 6.06. The van der Waals surface area contributed by atoms with Crippen molar-refractivity contribution >= 4 is 58.1 Å². The lowest BCUT2D eigenvalue weighted by Crippen LogP contribution is -1.97. The summed E-state index contributed by atoms with van der Waals surface area (Å²) in [4.78, 5) is 8.32. The van der Waals surface area contributed by atoms with E-state index in [0.717, 1.165) is 0 Å². The molecule has 0 spiro atoms. The van der Waals surface area contributed by atoms with Gasteiger partial charge in [-0.05, 0) is 24.5 Å². The highest BCUT2D eigenvalue weighted by molar-refractivity contribution is 7.98. The van der Waals surface area contributed by atoms with Crippen LogP contribution in [0.25, 0.3) is 0 Å². The molecule has 0 atom stereocenters. The summed E-state index contributed by atoms with van der Waals surface area (Å²) in [5.74, 6) is 0.573. The van der Waals surface area contributed by atoms with Gasteiger partial charge in [0, 0.05) is 11.1 Å². The van der Waals surface area contributed by atoms with Crippen LogP contribution in [0, 0.1) is 0 Å². The molecule has 1 aromatic carbocycles. The number of aromatic nitrogens is 2. The maximum absolute atomic E-state index is 6.06. The van der Waals surface area contributed by atoms with Gasteiger partial charge in [-0.3, -0.25) is 0 Å². The first-order chi connectivity index (χ1) is 8.58. The molecule has 94 valence electrons. The van der Waals surface area contributed by atoms with Gasteiger partial charge in [-0.1, -0.05) is 46.6 Å². The largest absolute Gasteiger partial charge is 0.339 e. The van der Waals surface area contributed by atoms with Gasteiger partial charge in [-0.25, -0.2) is 9.97 Å². The van der Waals surface area contributed by atoms with Crippen LogP contribution in [0.15, 0.2) is 29.4 Å². The van der Waals surface area contributed by atoms with Crippen LogP contribution in [-0.2, 0) is 0 Å². The van der Waals surface area contributed by atoms with Gasteiger partial charge < -0.3 is 5.32 Å². The number of halogens is 3. The van der Waals surface area contributed by atoms with Crippen molar-refractivity contribution in [2.75, 3.05) is 11.6 Å². The fourth-order valence-corrected chi connectivity index (χ4v) is 2.23. The monoisotopic (exact) mass is 319 g/mol. The van der Waals surface area contributed by atoms with Crippen LogP contribution in [0.4, 0.5) is 11.5 Å². The molecule has 0 saturated carbocycles. The molecule has 0 saturated heterocycles. The quantitative estimate of drug-likeness (QED) is 0.496. The third-order valence-corrected chi connectivity index (χ3v) is 3.35. The van der Waals surface area contributed by atoms with E-state index in [9.17, 15) is 0 Å². The van der Waals surface area contributed by atoms with E-state index in [-0.39, 0.29) is 0 Å². The second-order valence-electron chi connectivity index (χ2n) is 3.31. The minimum atomic E-state index is 0.370. The lowest BCUT2D eigenvalue weighted by molar-refractivity contribution is 0.976. The molecule has 7 heteroatoms. The van der Waals surface area contributed by atoms with Gasteiger partial charge in [-0.15, -0.1) is 0 Å². The van der Waals surface area contributed by atoms with Gasteiger partial charge in [0.15, 0.2) is 5.16 Å². The molecule has 0 radical (unpaired) electrons. The second-order valence-corrected chi connectivity index (χ2v) is 5.32. The minimum absolute atomic E-state index is 0.370. The van der Waals surface area contributed by atoms with E-state index in [1.54, 1.807) is 24.3 Å². The van der Waals surface area contributed by atoms with Crippen LogP contribution >= 0.6 is 46.6 Å². The zero-order chi connectivity index (χ0) is 13.1. The summed E-state index contributed by atoms with van der Waals surface area (Å²) in [6, 6.07) is 6.77. The highest BCUT2D eigenvalue weighted by atomic mass is 35.5. The molecular formula is C11H8Cl3N3S. The first kappa shape index (κ1) is 13.7. The summed E-state index contributed by atoms with van der Waals surface area (Å²) < 4.78 is 0. The molecule has 0 bridgehead atoms. The summed E-state index contributed by atoms with van der Waals surface area (Å²) in [6.45, 7) is 0. The van der Waals surface area contributed by atoms with Crippen LogP contribution in [0.1, 0.15) is 0 Å². The first-order valence-corrected chi connectivity index (χ1v) is 7.25. The maximum Gasteiger partial charge on any atom is 0.190 e. The molecule has 0 unspecified atom stereocenters. The van der Waals surface area contributed by atoms with Crippen LogP contribution in [0.3, 0.4) is 0 Å². The predicted octanol–water partition coefficient (Wildman–Crippen LogP) is 4.90. The molecule has 2 aromatic rings. The van der Waals surface area contributed by atoms with E-state index in [0.29, 0.717) is 31.9 Å². The molecule has 1 heterocycles. The first-order valence-electron chi connectivity index (χ1n) is 4.89. The second kappa shape index (κ2) is 5.97. The van der Waals surface area contributed by atoms with Crippen LogP contribution in [-0.4, -0.2) is 16.2 Å².